The van der Waals surface area contributed by atoms with Crippen LogP contribution in [0, 0.1) is 0 Å². The van der Waals surface area contributed by atoms with Gasteiger partial charge in [-0.3, -0.25) is 9.59 Å². The molecule has 0 atom stereocenters. The highest BCUT2D eigenvalue weighted by atomic mass is 35.5. The summed E-state index contributed by atoms with van der Waals surface area (Å²) in [6, 6.07) is 5.25. The largest absolute Gasteiger partial charge is 0.349 e. The monoisotopic (exact) mass is 373 g/mol. The van der Waals surface area contributed by atoms with Crippen molar-refractivity contribution in [2.45, 2.75) is 51.0 Å². The lowest BCUT2D eigenvalue weighted by Gasteiger charge is -2.09. The van der Waals surface area contributed by atoms with E-state index in [2.05, 4.69) is 10.6 Å². The Morgan fingerprint density at radius 1 is 1.17 bits per heavy atom. The summed E-state index contributed by atoms with van der Waals surface area (Å²) in [6.07, 6.45) is 6.40. The van der Waals surface area contributed by atoms with Gasteiger partial charge < -0.3 is 16.4 Å². The molecule has 2 rings (SSSR count). The third-order valence-electron chi connectivity index (χ3n) is 3.77. The maximum atomic E-state index is 12.1. The molecule has 2 amide bonds. The molecule has 0 saturated heterocycles. The minimum Gasteiger partial charge on any atom is -0.349 e. The maximum Gasteiger partial charge on any atom is 0.253 e. The first-order chi connectivity index (χ1) is 11.1. The minimum atomic E-state index is -0.185. The van der Waals surface area contributed by atoms with Crippen molar-refractivity contribution in [3.05, 3.63) is 28.8 Å². The van der Waals surface area contributed by atoms with E-state index in [1.54, 1.807) is 18.2 Å². The molecule has 1 aliphatic rings. The lowest BCUT2D eigenvalue weighted by Crippen LogP contribution is -2.25. The smallest absolute Gasteiger partial charge is 0.253 e. The maximum absolute atomic E-state index is 12.1. The Morgan fingerprint density at radius 2 is 1.88 bits per heavy atom. The first-order valence-corrected chi connectivity index (χ1v) is 8.58. The van der Waals surface area contributed by atoms with Crippen LogP contribution in [-0.2, 0) is 4.79 Å². The Kier molecular flexibility index (Phi) is 9.11. The number of benzene rings is 1. The van der Waals surface area contributed by atoms with Crippen molar-refractivity contribution in [1.82, 2.24) is 5.32 Å². The van der Waals surface area contributed by atoms with Crippen LogP contribution in [0.25, 0.3) is 0 Å². The van der Waals surface area contributed by atoms with E-state index in [1.165, 1.54) is 0 Å². The van der Waals surface area contributed by atoms with Gasteiger partial charge in [0.2, 0.25) is 5.91 Å². The molecular formula is C17H25Cl2N3O2. The fourth-order valence-corrected chi connectivity index (χ4v) is 2.48. The van der Waals surface area contributed by atoms with E-state index in [-0.39, 0.29) is 30.3 Å². The standard InChI is InChI=1S/C17H24ClN3O2.ClH/c18-15-9-8-13(11-14(15)17(23)21-12-6-7-12)20-16(22)5-3-1-2-4-10-19;/h8-9,11-12H,1-7,10,19H2,(H,20,22)(H,21,23);1H. The molecule has 7 heteroatoms. The quantitative estimate of drug-likeness (QED) is 0.579. The number of carbonyl (C=O) groups excluding carboxylic acids is 2. The summed E-state index contributed by atoms with van der Waals surface area (Å²) in [5.74, 6) is -0.232. The number of hydrogen-bond acceptors (Lipinski definition) is 3. The number of unbranched alkanes of at least 4 members (excludes halogenated alkanes) is 3. The van der Waals surface area contributed by atoms with Crippen LogP contribution >= 0.6 is 24.0 Å². The van der Waals surface area contributed by atoms with Crippen LogP contribution in [-0.4, -0.2) is 24.4 Å². The SMILES string of the molecule is Cl.NCCCCCCC(=O)Nc1ccc(Cl)c(C(=O)NC2CC2)c1. The van der Waals surface area contributed by atoms with E-state index >= 15 is 0 Å². The Hall–Kier alpha value is -1.30. The van der Waals surface area contributed by atoms with Crippen molar-refractivity contribution in [2.24, 2.45) is 5.73 Å². The third-order valence-corrected chi connectivity index (χ3v) is 4.09. The Bertz CT molecular complexity index is 563. The van der Waals surface area contributed by atoms with Crippen LogP contribution < -0.4 is 16.4 Å². The van der Waals surface area contributed by atoms with Gasteiger partial charge in [-0.25, -0.2) is 0 Å². The van der Waals surface area contributed by atoms with Gasteiger partial charge in [0.05, 0.1) is 10.6 Å². The second kappa shape index (κ2) is 10.5. The lowest BCUT2D eigenvalue weighted by molar-refractivity contribution is -0.116. The molecule has 24 heavy (non-hydrogen) atoms. The van der Waals surface area contributed by atoms with E-state index in [4.69, 9.17) is 17.3 Å². The fourth-order valence-electron chi connectivity index (χ4n) is 2.27. The zero-order chi connectivity index (χ0) is 16.7. The van der Waals surface area contributed by atoms with Gasteiger partial charge in [0.25, 0.3) is 5.91 Å². The summed E-state index contributed by atoms with van der Waals surface area (Å²) < 4.78 is 0. The van der Waals surface area contributed by atoms with Crippen molar-refractivity contribution in [3.63, 3.8) is 0 Å². The highest BCUT2D eigenvalue weighted by Gasteiger charge is 2.24. The molecule has 0 radical (unpaired) electrons. The summed E-state index contributed by atoms with van der Waals surface area (Å²) in [7, 11) is 0. The predicted molar refractivity (Wildman–Crippen MR) is 100.0 cm³/mol. The fraction of sp³-hybridized carbons (Fsp3) is 0.529. The van der Waals surface area contributed by atoms with E-state index in [9.17, 15) is 9.59 Å². The van der Waals surface area contributed by atoms with Crippen molar-refractivity contribution < 1.29 is 9.59 Å². The first-order valence-electron chi connectivity index (χ1n) is 8.20. The number of nitrogens with one attached hydrogen (secondary N) is 2. The molecule has 1 aromatic carbocycles. The van der Waals surface area contributed by atoms with Crippen LogP contribution in [0.5, 0.6) is 0 Å². The molecular weight excluding hydrogens is 349 g/mol. The van der Waals surface area contributed by atoms with E-state index in [1.807, 2.05) is 0 Å². The summed E-state index contributed by atoms with van der Waals surface area (Å²) in [6.45, 7) is 0.697. The van der Waals surface area contributed by atoms with Crippen molar-refractivity contribution in [3.8, 4) is 0 Å². The van der Waals surface area contributed by atoms with Gasteiger partial charge in [-0.2, -0.15) is 0 Å². The van der Waals surface area contributed by atoms with E-state index < -0.39 is 0 Å². The van der Waals surface area contributed by atoms with Gasteiger partial charge in [0, 0.05) is 18.2 Å². The normalized spacial score (nSPS) is 13.1. The van der Waals surface area contributed by atoms with Gasteiger partial charge >= 0.3 is 0 Å². The van der Waals surface area contributed by atoms with Crippen molar-refractivity contribution >= 4 is 41.5 Å². The molecule has 1 fully saturated rings. The second-order valence-corrected chi connectivity index (χ2v) is 6.35. The third kappa shape index (κ3) is 7.07. The minimum absolute atomic E-state index is 0. The van der Waals surface area contributed by atoms with E-state index in [0.29, 0.717) is 29.2 Å². The van der Waals surface area contributed by atoms with E-state index in [0.717, 1.165) is 38.5 Å². The number of rotatable bonds is 9. The van der Waals surface area contributed by atoms with Crippen LogP contribution in [0.1, 0.15) is 55.3 Å². The number of halogens is 2. The summed E-state index contributed by atoms with van der Waals surface area (Å²) in [5.41, 5.74) is 6.44. The Balaban J connectivity index is 0.00000288. The van der Waals surface area contributed by atoms with Crippen LogP contribution in [0.15, 0.2) is 18.2 Å². The summed E-state index contributed by atoms with van der Waals surface area (Å²) >= 11 is 6.08. The van der Waals surface area contributed by atoms with Gasteiger partial charge in [-0.15, -0.1) is 12.4 Å². The molecule has 1 saturated carbocycles. The number of anilines is 1. The van der Waals surface area contributed by atoms with Gasteiger partial charge in [0.15, 0.2) is 0 Å². The molecule has 1 aliphatic carbocycles. The van der Waals surface area contributed by atoms with Gasteiger partial charge in [-0.05, 0) is 50.4 Å². The number of carbonyl (C=O) groups is 2. The van der Waals surface area contributed by atoms with Crippen LogP contribution in [0.3, 0.4) is 0 Å². The van der Waals surface area contributed by atoms with Crippen molar-refractivity contribution in [2.75, 3.05) is 11.9 Å². The molecule has 0 aromatic heterocycles. The molecule has 5 nitrogen and oxygen atoms in total. The molecule has 0 aliphatic heterocycles. The highest BCUT2D eigenvalue weighted by Crippen LogP contribution is 2.24. The second-order valence-electron chi connectivity index (χ2n) is 5.94. The number of hydrogen-bond donors (Lipinski definition) is 3. The first kappa shape index (κ1) is 20.7. The molecule has 4 N–H and O–H groups in total. The molecule has 134 valence electrons. The predicted octanol–water partition coefficient (Wildman–Crippen LogP) is 3.50. The zero-order valence-electron chi connectivity index (χ0n) is 13.6. The lowest BCUT2D eigenvalue weighted by atomic mass is 10.1. The molecule has 0 unspecified atom stereocenters. The number of nitrogens with two attached hydrogens (primary N) is 1. The molecule has 0 bridgehead atoms. The summed E-state index contributed by atoms with van der Waals surface area (Å²) in [4.78, 5) is 24.0. The molecule has 1 aromatic rings. The topological polar surface area (TPSA) is 84.2 Å². The van der Waals surface area contributed by atoms with Gasteiger partial charge in [-0.1, -0.05) is 24.4 Å². The highest BCUT2D eigenvalue weighted by molar-refractivity contribution is 6.34. The average molecular weight is 374 g/mol. The van der Waals surface area contributed by atoms with Gasteiger partial charge in [0.1, 0.15) is 0 Å². The molecule has 0 heterocycles. The average Bonchev–Trinajstić information content (AvgIpc) is 3.33. The van der Waals surface area contributed by atoms with Crippen LogP contribution in [0.2, 0.25) is 5.02 Å². The zero-order valence-corrected chi connectivity index (χ0v) is 15.2. The Morgan fingerprint density at radius 3 is 2.54 bits per heavy atom. The van der Waals surface area contributed by atoms with Crippen LogP contribution in [0.4, 0.5) is 5.69 Å². The molecule has 0 spiro atoms. The Labute approximate surface area is 154 Å². The summed E-state index contributed by atoms with van der Waals surface area (Å²) in [5, 5.41) is 6.11. The van der Waals surface area contributed by atoms with Crippen molar-refractivity contribution in [1.29, 1.82) is 0 Å². The number of amides is 2.